The van der Waals surface area contributed by atoms with Crippen LogP contribution in [0.15, 0.2) is 59.9 Å². The Morgan fingerprint density at radius 1 is 1.29 bits per heavy atom. The maximum atomic E-state index is 8.70. The predicted molar refractivity (Wildman–Crippen MR) is 99.2 cm³/mol. The summed E-state index contributed by atoms with van der Waals surface area (Å²) >= 11 is 1.40. The van der Waals surface area contributed by atoms with Gasteiger partial charge >= 0.3 is 0 Å². The summed E-state index contributed by atoms with van der Waals surface area (Å²) in [6, 6.07) is 16.3. The van der Waals surface area contributed by atoms with Crippen molar-refractivity contribution in [1.82, 2.24) is 14.9 Å². The molecule has 0 aliphatic heterocycles. The SMILES string of the molecule is CSC(=Nc1ccc2c(c1)ncn2CCc1ccccc1)NC#N. The summed E-state index contributed by atoms with van der Waals surface area (Å²) in [5, 5.41) is 11.8. The summed E-state index contributed by atoms with van der Waals surface area (Å²) in [6.45, 7) is 0.884. The highest BCUT2D eigenvalue weighted by Gasteiger charge is 2.05. The summed E-state index contributed by atoms with van der Waals surface area (Å²) < 4.78 is 2.15. The van der Waals surface area contributed by atoms with Gasteiger partial charge in [-0.1, -0.05) is 42.1 Å². The van der Waals surface area contributed by atoms with Gasteiger partial charge in [0.2, 0.25) is 0 Å². The maximum Gasteiger partial charge on any atom is 0.183 e. The Morgan fingerprint density at radius 2 is 2.12 bits per heavy atom. The zero-order chi connectivity index (χ0) is 16.8. The summed E-state index contributed by atoms with van der Waals surface area (Å²) in [4.78, 5) is 8.89. The normalized spacial score (nSPS) is 11.4. The lowest BCUT2D eigenvalue weighted by Crippen LogP contribution is -2.12. The van der Waals surface area contributed by atoms with Crippen molar-refractivity contribution in [3.63, 3.8) is 0 Å². The van der Waals surface area contributed by atoms with E-state index in [9.17, 15) is 0 Å². The summed E-state index contributed by atoms with van der Waals surface area (Å²) in [5.41, 5.74) is 4.08. The van der Waals surface area contributed by atoms with Crippen LogP contribution in [0.25, 0.3) is 11.0 Å². The van der Waals surface area contributed by atoms with Crippen LogP contribution >= 0.6 is 11.8 Å². The molecule has 0 saturated carbocycles. The molecule has 3 rings (SSSR count). The predicted octanol–water partition coefficient (Wildman–Crippen LogP) is 3.70. The molecule has 24 heavy (non-hydrogen) atoms. The van der Waals surface area contributed by atoms with Crippen molar-refractivity contribution >= 4 is 33.7 Å². The number of hydrogen-bond acceptors (Lipinski definition) is 4. The summed E-state index contributed by atoms with van der Waals surface area (Å²) in [6.07, 6.45) is 6.60. The highest BCUT2D eigenvalue weighted by atomic mass is 32.2. The number of aromatic nitrogens is 2. The van der Waals surface area contributed by atoms with Gasteiger partial charge in [-0.05, 0) is 36.4 Å². The van der Waals surface area contributed by atoms with Gasteiger partial charge in [-0.2, -0.15) is 5.26 Å². The van der Waals surface area contributed by atoms with Crippen LogP contribution in [0, 0.1) is 11.5 Å². The van der Waals surface area contributed by atoms with Crippen LogP contribution in [0.1, 0.15) is 5.56 Å². The molecule has 0 fully saturated rings. The molecule has 1 heterocycles. The third-order valence-corrected chi connectivity index (χ3v) is 4.26. The van der Waals surface area contributed by atoms with E-state index in [1.54, 1.807) is 0 Å². The van der Waals surface area contributed by atoms with Crippen molar-refractivity contribution in [2.75, 3.05) is 6.26 Å². The van der Waals surface area contributed by atoms with Crippen molar-refractivity contribution in [2.45, 2.75) is 13.0 Å². The fourth-order valence-electron chi connectivity index (χ4n) is 2.48. The summed E-state index contributed by atoms with van der Waals surface area (Å²) in [7, 11) is 0. The molecule has 0 amide bonds. The number of hydrogen-bond donors (Lipinski definition) is 1. The number of thioether (sulfide) groups is 1. The van der Waals surface area contributed by atoms with Gasteiger partial charge in [0.25, 0.3) is 0 Å². The Bertz CT molecular complexity index is 893. The van der Waals surface area contributed by atoms with Crippen LogP contribution in [0.3, 0.4) is 0 Å². The van der Waals surface area contributed by atoms with E-state index >= 15 is 0 Å². The van der Waals surface area contributed by atoms with Crippen LogP contribution in [-0.4, -0.2) is 21.0 Å². The highest BCUT2D eigenvalue weighted by molar-refractivity contribution is 8.13. The minimum Gasteiger partial charge on any atom is -0.330 e. The molecular weight excluding hydrogens is 318 g/mol. The van der Waals surface area contributed by atoms with Crippen LogP contribution < -0.4 is 5.32 Å². The maximum absolute atomic E-state index is 8.70. The van der Waals surface area contributed by atoms with Crippen LogP contribution in [-0.2, 0) is 13.0 Å². The lowest BCUT2D eigenvalue weighted by atomic mass is 10.1. The number of amidine groups is 1. The third-order valence-electron chi connectivity index (χ3n) is 3.68. The molecule has 3 aromatic rings. The second-order valence-electron chi connectivity index (χ2n) is 5.20. The smallest absolute Gasteiger partial charge is 0.183 e. The van der Waals surface area contributed by atoms with E-state index in [4.69, 9.17) is 5.26 Å². The second kappa shape index (κ2) is 7.66. The fourth-order valence-corrected chi connectivity index (χ4v) is 2.83. The average molecular weight is 335 g/mol. The number of nitrogens with one attached hydrogen (secondary N) is 1. The number of fused-ring (bicyclic) bond motifs is 1. The molecule has 6 heteroatoms. The Kier molecular flexibility index (Phi) is 5.14. The molecule has 0 saturated heterocycles. The third kappa shape index (κ3) is 3.76. The van der Waals surface area contributed by atoms with Gasteiger partial charge in [-0.25, -0.2) is 9.98 Å². The standard InChI is InChI=1S/C18H17N5S/c1-24-18(20-12-19)22-15-7-8-17-16(11-15)21-13-23(17)10-9-14-5-3-2-4-6-14/h2-8,11,13H,9-10H2,1H3,(H,20,22). The van der Waals surface area contributed by atoms with E-state index in [1.165, 1.54) is 17.3 Å². The molecule has 0 atom stereocenters. The monoisotopic (exact) mass is 335 g/mol. The lowest BCUT2D eigenvalue weighted by Gasteiger charge is -2.05. The number of nitriles is 1. The molecule has 0 aliphatic rings. The topological polar surface area (TPSA) is 66.0 Å². The van der Waals surface area contributed by atoms with E-state index < -0.39 is 0 Å². The van der Waals surface area contributed by atoms with Crippen LogP contribution in [0.2, 0.25) is 0 Å². The van der Waals surface area contributed by atoms with Gasteiger partial charge in [-0.15, -0.1) is 0 Å². The van der Waals surface area contributed by atoms with Gasteiger partial charge in [0.1, 0.15) is 0 Å². The van der Waals surface area contributed by atoms with Crippen molar-refractivity contribution in [1.29, 1.82) is 5.26 Å². The quantitative estimate of drug-likeness (QED) is 0.342. The first-order valence-corrected chi connectivity index (χ1v) is 8.79. The number of nitrogens with zero attached hydrogens (tertiary/aromatic N) is 4. The number of aryl methyl sites for hydroxylation is 2. The average Bonchev–Trinajstić information content (AvgIpc) is 3.03. The molecule has 1 aromatic heterocycles. The van der Waals surface area contributed by atoms with Crippen LogP contribution in [0.4, 0.5) is 5.69 Å². The zero-order valence-corrected chi connectivity index (χ0v) is 14.1. The van der Waals surface area contributed by atoms with Crippen LogP contribution in [0.5, 0.6) is 0 Å². The van der Waals surface area contributed by atoms with E-state index in [1.807, 2.05) is 43.0 Å². The Morgan fingerprint density at radius 3 is 2.88 bits per heavy atom. The van der Waals surface area contributed by atoms with Crippen molar-refractivity contribution in [2.24, 2.45) is 4.99 Å². The first kappa shape index (κ1) is 16.1. The van der Waals surface area contributed by atoms with E-state index in [0.717, 1.165) is 29.7 Å². The van der Waals surface area contributed by atoms with Crippen molar-refractivity contribution in [3.05, 3.63) is 60.4 Å². The Labute approximate surface area is 145 Å². The van der Waals surface area contributed by atoms with Crippen molar-refractivity contribution in [3.8, 4) is 6.19 Å². The number of imidazole rings is 1. The number of aliphatic imine (C=N–C) groups is 1. The molecule has 5 nitrogen and oxygen atoms in total. The molecule has 2 aromatic carbocycles. The molecule has 0 radical (unpaired) electrons. The number of benzene rings is 2. The zero-order valence-electron chi connectivity index (χ0n) is 13.3. The molecule has 1 N–H and O–H groups in total. The lowest BCUT2D eigenvalue weighted by molar-refractivity contribution is 0.716. The Balaban J connectivity index is 1.80. The fraction of sp³-hybridized carbons (Fsp3) is 0.167. The molecule has 0 unspecified atom stereocenters. The van der Waals surface area contributed by atoms with Gasteiger partial charge in [0.05, 0.1) is 23.0 Å². The second-order valence-corrected chi connectivity index (χ2v) is 6.00. The molecule has 0 bridgehead atoms. The van der Waals surface area contributed by atoms with Gasteiger partial charge in [0.15, 0.2) is 11.4 Å². The van der Waals surface area contributed by atoms with Gasteiger partial charge in [-0.3, -0.25) is 5.32 Å². The van der Waals surface area contributed by atoms with Gasteiger partial charge in [0, 0.05) is 6.54 Å². The van der Waals surface area contributed by atoms with E-state index in [-0.39, 0.29) is 0 Å². The first-order chi connectivity index (χ1) is 11.8. The largest absolute Gasteiger partial charge is 0.330 e. The minimum atomic E-state index is 0.570. The Hall–Kier alpha value is -2.78. The van der Waals surface area contributed by atoms with Gasteiger partial charge < -0.3 is 4.57 Å². The molecular formula is C18H17N5S. The highest BCUT2D eigenvalue weighted by Crippen LogP contribution is 2.21. The molecule has 120 valence electrons. The minimum absolute atomic E-state index is 0.570. The molecule has 0 spiro atoms. The number of rotatable bonds is 4. The first-order valence-electron chi connectivity index (χ1n) is 7.57. The van der Waals surface area contributed by atoms with E-state index in [0.29, 0.717) is 5.17 Å². The van der Waals surface area contributed by atoms with Crippen molar-refractivity contribution < 1.29 is 0 Å². The summed E-state index contributed by atoms with van der Waals surface area (Å²) in [5.74, 6) is 0. The molecule has 0 aliphatic carbocycles. The van der Waals surface area contributed by atoms with E-state index in [2.05, 4.69) is 44.1 Å².